The summed E-state index contributed by atoms with van der Waals surface area (Å²) in [5, 5.41) is 26.2. The summed E-state index contributed by atoms with van der Waals surface area (Å²) in [6.07, 6.45) is 6.22. The smallest absolute Gasteiger partial charge is 0.224 e. The minimum absolute atomic E-state index is 0.147. The van der Waals surface area contributed by atoms with E-state index in [4.69, 9.17) is 0 Å². The van der Waals surface area contributed by atoms with Crippen LogP contribution in [0, 0.1) is 17.1 Å². The molecule has 0 amide bonds. The van der Waals surface area contributed by atoms with Crippen LogP contribution in [0.3, 0.4) is 0 Å². The first-order valence-electron chi connectivity index (χ1n) is 10.6. The van der Waals surface area contributed by atoms with Gasteiger partial charge in [-0.2, -0.15) is 10.2 Å². The zero-order valence-electron chi connectivity index (χ0n) is 17.8. The fourth-order valence-corrected chi connectivity index (χ4v) is 3.86. The van der Waals surface area contributed by atoms with Crippen molar-refractivity contribution < 1.29 is 9.50 Å². The van der Waals surface area contributed by atoms with E-state index >= 15 is 0 Å². The molecule has 0 saturated heterocycles. The van der Waals surface area contributed by atoms with Crippen LogP contribution in [-0.2, 0) is 6.54 Å². The van der Waals surface area contributed by atoms with E-state index in [9.17, 15) is 14.8 Å². The number of hydrogen-bond acceptors (Lipinski definition) is 7. The molecular weight excluding hydrogens is 407 g/mol. The first kappa shape index (κ1) is 21.7. The highest BCUT2D eigenvalue weighted by Crippen LogP contribution is 2.30. The Morgan fingerprint density at radius 2 is 1.94 bits per heavy atom. The third kappa shape index (κ3) is 5.18. The van der Waals surface area contributed by atoms with Crippen molar-refractivity contribution in [3.05, 3.63) is 65.7 Å². The molecule has 3 N–H and O–H groups in total. The maximum absolute atomic E-state index is 13.3. The molecule has 1 saturated carbocycles. The minimum atomic E-state index is -0.624. The van der Waals surface area contributed by atoms with Crippen LogP contribution in [0.25, 0.3) is 11.3 Å². The number of hydrogen-bond donors (Lipinski definition) is 3. The van der Waals surface area contributed by atoms with E-state index in [1.807, 2.05) is 19.1 Å². The van der Waals surface area contributed by atoms with Gasteiger partial charge in [-0.3, -0.25) is 4.98 Å². The van der Waals surface area contributed by atoms with Crippen molar-refractivity contribution in [3.8, 4) is 17.3 Å². The van der Waals surface area contributed by atoms with Gasteiger partial charge >= 0.3 is 0 Å². The molecule has 1 aromatic carbocycles. The largest absolute Gasteiger partial charge is 0.390 e. The molecule has 0 bridgehead atoms. The molecule has 7 nitrogen and oxygen atoms in total. The molecule has 2 heterocycles. The zero-order chi connectivity index (χ0) is 22.6. The molecular formula is C24H25FN6O. The van der Waals surface area contributed by atoms with Crippen LogP contribution in [0.15, 0.2) is 48.8 Å². The Morgan fingerprint density at radius 1 is 1.19 bits per heavy atom. The predicted octanol–water partition coefficient (Wildman–Crippen LogP) is 4.27. The van der Waals surface area contributed by atoms with E-state index < -0.39 is 5.60 Å². The van der Waals surface area contributed by atoms with Crippen molar-refractivity contribution in [1.82, 2.24) is 15.0 Å². The van der Waals surface area contributed by atoms with Crippen LogP contribution in [0.1, 0.15) is 43.7 Å². The van der Waals surface area contributed by atoms with Crippen LogP contribution in [0.2, 0.25) is 0 Å². The Kier molecular flexibility index (Phi) is 6.28. The molecule has 3 aromatic rings. The standard InChI is InChI=1S/C24H25FN6O/c1-24(32)10-8-20(9-11-24)30-22-18(13-26)15-29-23(31-22)28-14-17-3-2-12-27-21(17)16-4-6-19(25)7-5-16/h2-7,12,15,20,32H,8-11,14H2,1H3,(H2,28,29,30,31). The number of nitrogens with one attached hydrogen (secondary N) is 2. The molecule has 0 aliphatic heterocycles. The van der Waals surface area contributed by atoms with Gasteiger partial charge in [-0.25, -0.2) is 9.37 Å². The Hall–Kier alpha value is -3.57. The number of aliphatic hydroxyl groups is 1. The van der Waals surface area contributed by atoms with E-state index in [1.54, 1.807) is 18.3 Å². The summed E-state index contributed by atoms with van der Waals surface area (Å²) < 4.78 is 13.3. The fourth-order valence-electron chi connectivity index (χ4n) is 3.86. The van der Waals surface area contributed by atoms with Gasteiger partial charge in [0.2, 0.25) is 5.95 Å². The van der Waals surface area contributed by atoms with Crippen molar-refractivity contribution >= 4 is 11.8 Å². The van der Waals surface area contributed by atoms with Gasteiger partial charge in [-0.15, -0.1) is 0 Å². The van der Waals surface area contributed by atoms with Gasteiger partial charge in [0.25, 0.3) is 0 Å². The number of benzene rings is 1. The molecule has 4 rings (SSSR count). The second-order valence-corrected chi connectivity index (χ2v) is 8.35. The highest BCUT2D eigenvalue weighted by molar-refractivity contribution is 5.63. The highest BCUT2D eigenvalue weighted by atomic mass is 19.1. The molecule has 164 valence electrons. The van der Waals surface area contributed by atoms with Crippen molar-refractivity contribution in [2.75, 3.05) is 10.6 Å². The van der Waals surface area contributed by atoms with Gasteiger partial charge in [0.1, 0.15) is 23.3 Å². The summed E-state index contributed by atoms with van der Waals surface area (Å²) in [5.41, 5.74) is 2.24. The van der Waals surface area contributed by atoms with Crippen LogP contribution in [0.4, 0.5) is 16.2 Å². The SMILES string of the molecule is CC1(O)CCC(Nc2nc(NCc3cccnc3-c3ccc(F)cc3)ncc2C#N)CC1. The zero-order valence-corrected chi connectivity index (χ0v) is 17.8. The summed E-state index contributed by atoms with van der Waals surface area (Å²) in [4.78, 5) is 13.2. The molecule has 0 unspecified atom stereocenters. The Morgan fingerprint density at radius 3 is 2.66 bits per heavy atom. The normalized spacial score (nSPS) is 20.4. The number of anilines is 2. The maximum atomic E-state index is 13.3. The number of nitriles is 1. The Labute approximate surface area is 186 Å². The first-order chi connectivity index (χ1) is 15.4. The molecule has 2 aromatic heterocycles. The average Bonchev–Trinajstić information content (AvgIpc) is 2.80. The molecule has 0 atom stereocenters. The monoisotopic (exact) mass is 432 g/mol. The number of pyridine rings is 1. The first-order valence-corrected chi connectivity index (χ1v) is 10.6. The molecule has 0 spiro atoms. The number of nitrogens with zero attached hydrogens (tertiary/aromatic N) is 4. The van der Waals surface area contributed by atoms with Crippen molar-refractivity contribution in [3.63, 3.8) is 0 Å². The van der Waals surface area contributed by atoms with Crippen LogP contribution < -0.4 is 10.6 Å². The molecule has 1 aliphatic rings. The van der Waals surface area contributed by atoms with E-state index in [2.05, 4.69) is 31.7 Å². The van der Waals surface area contributed by atoms with E-state index in [-0.39, 0.29) is 11.9 Å². The van der Waals surface area contributed by atoms with Crippen molar-refractivity contribution in [1.29, 1.82) is 5.26 Å². The number of aromatic nitrogens is 3. The molecule has 1 fully saturated rings. The minimum Gasteiger partial charge on any atom is -0.390 e. The van der Waals surface area contributed by atoms with Gasteiger partial charge in [-0.05, 0) is 68.5 Å². The highest BCUT2D eigenvalue weighted by Gasteiger charge is 2.29. The van der Waals surface area contributed by atoms with E-state index in [0.29, 0.717) is 36.7 Å². The van der Waals surface area contributed by atoms with E-state index in [0.717, 1.165) is 29.7 Å². The second-order valence-electron chi connectivity index (χ2n) is 8.35. The van der Waals surface area contributed by atoms with Gasteiger partial charge < -0.3 is 15.7 Å². The van der Waals surface area contributed by atoms with Crippen LogP contribution in [-0.4, -0.2) is 31.7 Å². The molecule has 32 heavy (non-hydrogen) atoms. The molecule has 1 aliphatic carbocycles. The topological polar surface area (TPSA) is 107 Å². The summed E-state index contributed by atoms with van der Waals surface area (Å²) in [6, 6.07) is 12.3. The van der Waals surface area contributed by atoms with Crippen LogP contribution in [0.5, 0.6) is 0 Å². The quantitative estimate of drug-likeness (QED) is 0.534. The average molecular weight is 433 g/mol. The lowest BCUT2D eigenvalue weighted by Crippen LogP contribution is -2.36. The third-order valence-electron chi connectivity index (χ3n) is 5.76. The number of halogens is 1. The molecule has 8 heteroatoms. The van der Waals surface area contributed by atoms with Gasteiger partial charge in [-0.1, -0.05) is 6.07 Å². The summed E-state index contributed by atoms with van der Waals surface area (Å²) >= 11 is 0. The van der Waals surface area contributed by atoms with Gasteiger partial charge in [0, 0.05) is 24.3 Å². The van der Waals surface area contributed by atoms with Crippen molar-refractivity contribution in [2.24, 2.45) is 0 Å². The lowest BCUT2D eigenvalue weighted by Gasteiger charge is -2.33. The third-order valence-corrected chi connectivity index (χ3v) is 5.76. The molecule has 0 radical (unpaired) electrons. The lowest BCUT2D eigenvalue weighted by molar-refractivity contribution is 0.0196. The van der Waals surface area contributed by atoms with E-state index in [1.165, 1.54) is 18.3 Å². The second kappa shape index (κ2) is 9.28. The maximum Gasteiger partial charge on any atom is 0.224 e. The predicted molar refractivity (Wildman–Crippen MR) is 120 cm³/mol. The van der Waals surface area contributed by atoms with Crippen LogP contribution >= 0.6 is 0 Å². The summed E-state index contributed by atoms with van der Waals surface area (Å²) in [7, 11) is 0. The van der Waals surface area contributed by atoms with Crippen molar-refractivity contribution in [2.45, 2.75) is 50.8 Å². The van der Waals surface area contributed by atoms with Gasteiger partial charge in [0.05, 0.1) is 17.5 Å². The lowest BCUT2D eigenvalue weighted by atomic mass is 9.83. The summed E-state index contributed by atoms with van der Waals surface area (Å²) in [6.45, 7) is 2.27. The Bertz CT molecular complexity index is 1120. The number of rotatable bonds is 6. The fraction of sp³-hybridized carbons (Fsp3) is 0.333. The Balaban J connectivity index is 1.48. The van der Waals surface area contributed by atoms with Gasteiger partial charge in [0.15, 0.2) is 0 Å². The summed E-state index contributed by atoms with van der Waals surface area (Å²) in [5.74, 6) is 0.585.